The lowest BCUT2D eigenvalue weighted by Crippen LogP contribution is -2.28. The molecule has 1 N–H and O–H groups in total. The van der Waals surface area contributed by atoms with Crippen molar-refractivity contribution in [1.82, 2.24) is 5.32 Å². The monoisotopic (exact) mass is 293 g/mol. The van der Waals surface area contributed by atoms with Gasteiger partial charge in [-0.15, -0.1) is 0 Å². The second-order valence-corrected chi connectivity index (χ2v) is 5.46. The van der Waals surface area contributed by atoms with Crippen LogP contribution < -0.4 is 14.8 Å². The summed E-state index contributed by atoms with van der Waals surface area (Å²) in [6, 6.07) is 6.35. The number of hydrogen-bond acceptors (Lipinski definition) is 4. The zero-order valence-electron chi connectivity index (χ0n) is 13.4. The van der Waals surface area contributed by atoms with Gasteiger partial charge in [0.15, 0.2) is 11.5 Å². The standard InChI is InChI=1S/C17H27NO3/c1-4-8-18-15(12-21-13(3)5-2)14-6-7-16-17(11-14)20-10-9-19-16/h6-7,11,13,15,18H,4-5,8-10,12H2,1-3H3. The molecule has 118 valence electrons. The molecule has 0 fully saturated rings. The molecule has 0 aliphatic carbocycles. The first-order chi connectivity index (χ1) is 10.2. The van der Waals surface area contributed by atoms with Crippen LogP contribution in [0.4, 0.5) is 0 Å². The van der Waals surface area contributed by atoms with E-state index in [2.05, 4.69) is 38.2 Å². The molecule has 0 amide bonds. The molecule has 2 unspecified atom stereocenters. The van der Waals surface area contributed by atoms with Gasteiger partial charge in [0.2, 0.25) is 0 Å². The molecule has 0 saturated heterocycles. The average molecular weight is 293 g/mol. The summed E-state index contributed by atoms with van der Waals surface area (Å²) in [5, 5.41) is 3.55. The summed E-state index contributed by atoms with van der Waals surface area (Å²) in [7, 11) is 0. The fraction of sp³-hybridized carbons (Fsp3) is 0.647. The first-order valence-corrected chi connectivity index (χ1v) is 7.99. The Bertz CT molecular complexity index is 436. The first-order valence-electron chi connectivity index (χ1n) is 7.99. The summed E-state index contributed by atoms with van der Waals surface area (Å²) in [6.07, 6.45) is 2.42. The van der Waals surface area contributed by atoms with E-state index in [4.69, 9.17) is 14.2 Å². The smallest absolute Gasteiger partial charge is 0.161 e. The highest BCUT2D eigenvalue weighted by Gasteiger charge is 2.17. The van der Waals surface area contributed by atoms with E-state index in [1.54, 1.807) is 0 Å². The predicted molar refractivity (Wildman–Crippen MR) is 84.2 cm³/mol. The Kier molecular flexibility index (Phi) is 6.33. The summed E-state index contributed by atoms with van der Waals surface area (Å²) in [6.45, 7) is 9.32. The highest BCUT2D eigenvalue weighted by atomic mass is 16.6. The topological polar surface area (TPSA) is 39.7 Å². The Morgan fingerprint density at radius 3 is 2.67 bits per heavy atom. The fourth-order valence-corrected chi connectivity index (χ4v) is 2.25. The molecule has 1 heterocycles. The van der Waals surface area contributed by atoms with E-state index in [1.807, 2.05) is 6.07 Å². The van der Waals surface area contributed by atoms with Crippen LogP contribution in [0, 0.1) is 0 Å². The summed E-state index contributed by atoms with van der Waals surface area (Å²) >= 11 is 0. The van der Waals surface area contributed by atoms with Crippen LogP contribution in [-0.4, -0.2) is 32.5 Å². The van der Waals surface area contributed by atoms with Crippen molar-refractivity contribution in [3.05, 3.63) is 23.8 Å². The Labute approximate surface area is 127 Å². The van der Waals surface area contributed by atoms with Gasteiger partial charge in [0.25, 0.3) is 0 Å². The van der Waals surface area contributed by atoms with Crippen LogP contribution in [0.1, 0.15) is 45.2 Å². The van der Waals surface area contributed by atoms with E-state index < -0.39 is 0 Å². The van der Waals surface area contributed by atoms with Crippen LogP contribution in [0.3, 0.4) is 0 Å². The third-order valence-corrected chi connectivity index (χ3v) is 3.73. The van der Waals surface area contributed by atoms with Crippen LogP contribution >= 0.6 is 0 Å². The quantitative estimate of drug-likeness (QED) is 0.798. The molecule has 0 saturated carbocycles. The third-order valence-electron chi connectivity index (χ3n) is 3.73. The van der Waals surface area contributed by atoms with Crippen LogP contribution in [0.2, 0.25) is 0 Å². The van der Waals surface area contributed by atoms with Gasteiger partial charge in [-0.25, -0.2) is 0 Å². The summed E-state index contributed by atoms with van der Waals surface area (Å²) < 4.78 is 17.2. The maximum Gasteiger partial charge on any atom is 0.161 e. The number of fused-ring (bicyclic) bond motifs is 1. The number of benzene rings is 1. The van der Waals surface area contributed by atoms with Gasteiger partial charge in [0, 0.05) is 0 Å². The van der Waals surface area contributed by atoms with Crippen LogP contribution in [0.5, 0.6) is 11.5 Å². The molecule has 0 bridgehead atoms. The van der Waals surface area contributed by atoms with E-state index in [-0.39, 0.29) is 12.1 Å². The Morgan fingerprint density at radius 1 is 1.19 bits per heavy atom. The van der Waals surface area contributed by atoms with E-state index in [0.29, 0.717) is 19.8 Å². The lowest BCUT2D eigenvalue weighted by atomic mass is 10.1. The van der Waals surface area contributed by atoms with Crippen molar-refractivity contribution in [2.45, 2.75) is 45.8 Å². The molecule has 21 heavy (non-hydrogen) atoms. The van der Waals surface area contributed by atoms with Gasteiger partial charge in [-0.05, 0) is 44.0 Å². The lowest BCUT2D eigenvalue weighted by Gasteiger charge is -2.24. The van der Waals surface area contributed by atoms with Crippen molar-refractivity contribution < 1.29 is 14.2 Å². The molecular formula is C17H27NO3. The fourth-order valence-electron chi connectivity index (χ4n) is 2.25. The molecule has 1 aromatic rings. The summed E-state index contributed by atoms with van der Waals surface area (Å²) in [5.41, 5.74) is 1.19. The van der Waals surface area contributed by atoms with Crippen LogP contribution in [0.25, 0.3) is 0 Å². The number of nitrogens with one attached hydrogen (secondary N) is 1. The highest BCUT2D eigenvalue weighted by Crippen LogP contribution is 2.32. The largest absolute Gasteiger partial charge is 0.486 e. The van der Waals surface area contributed by atoms with Crippen LogP contribution in [0.15, 0.2) is 18.2 Å². The molecule has 4 nitrogen and oxygen atoms in total. The average Bonchev–Trinajstić information content (AvgIpc) is 2.54. The third kappa shape index (κ3) is 4.61. The van der Waals surface area contributed by atoms with Gasteiger partial charge < -0.3 is 19.5 Å². The van der Waals surface area contributed by atoms with Crippen molar-refractivity contribution in [2.75, 3.05) is 26.4 Å². The molecule has 1 aliphatic rings. The van der Waals surface area contributed by atoms with Gasteiger partial charge in [0.1, 0.15) is 13.2 Å². The van der Waals surface area contributed by atoms with Gasteiger partial charge in [0.05, 0.1) is 18.8 Å². The number of rotatable bonds is 8. The second kappa shape index (κ2) is 8.25. The van der Waals surface area contributed by atoms with Crippen molar-refractivity contribution >= 4 is 0 Å². The number of hydrogen-bond donors (Lipinski definition) is 1. The minimum atomic E-state index is 0.190. The SMILES string of the molecule is CCCNC(COC(C)CC)c1ccc2c(c1)OCCO2. The van der Waals surface area contributed by atoms with Crippen molar-refractivity contribution in [2.24, 2.45) is 0 Å². The summed E-state index contributed by atoms with van der Waals surface area (Å²) in [4.78, 5) is 0. The Balaban J connectivity index is 2.07. The van der Waals surface area contributed by atoms with E-state index >= 15 is 0 Å². The molecule has 1 aliphatic heterocycles. The maximum absolute atomic E-state index is 5.91. The molecule has 2 atom stereocenters. The van der Waals surface area contributed by atoms with E-state index in [0.717, 1.165) is 30.9 Å². The van der Waals surface area contributed by atoms with Crippen LogP contribution in [-0.2, 0) is 4.74 Å². The Hall–Kier alpha value is -1.26. The molecular weight excluding hydrogens is 266 g/mol. The van der Waals surface area contributed by atoms with E-state index in [9.17, 15) is 0 Å². The summed E-state index contributed by atoms with van der Waals surface area (Å²) in [5.74, 6) is 1.67. The highest BCUT2D eigenvalue weighted by molar-refractivity contribution is 5.44. The molecule has 1 aromatic carbocycles. The molecule has 2 rings (SSSR count). The molecule has 0 radical (unpaired) electrons. The van der Waals surface area contributed by atoms with Gasteiger partial charge in [-0.2, -0.15) is 0 Å². The Morgan fingerprint density at radius 2 is 1.95 bits per heavy atom. The molecule has 4 heteroatoms. The molecule has 0 aromatic heterocycles. The lowest BCUT2D eigenvalue weighted by molar-refractivity contribution is 0.0473. The zero-order valence-corrected chi connectivity index (χ0v) is 13.4. The second-order valence-electron chi connectivity index (χ2n) is 5.46. The maximum atomic E-state index is 5.91. The normalized spacial score (nSPS) is 16.5. The van der Waals surface area contributed by atoms with Crippen molar-refractivity contribution in [3.8, 4) is 11.5 Å². The predicted octanol–water partition coefficient (Wildman–Crippen LogP) is 3.31. The van der Waals surface area contributed by atoms with Gasteiger partial charge in [-0.3, -0.25) is 0 Å². The zero-order chi connectivity index (χ0) is 15.1. The molecule has 0 spiro atoms. The van der Waals surface area contributed by atoms with Crippen molar-refractivity contribution in [1.29, 1.82) is 0 Å². The van der Waals surface area contributed by atoms with E-state index in [1.165, 1.54) is 5.56 Å². The van der Waals surface area contributed by atoms with Gasteiger partial charge in [-0.1, -0.05) is 19.9 Å². The first kappa shape index (κ1) is 16.1. The minimum absolute atomic E-state index is 0.190. The van der Waals surface area contributed by atoms with Crippen molar-refractivity contribution in [3.63, 3.8) is 0 Å². The van der Waals surface area contributed by atoms with Gasteiger partial charge >= 0.3 is 0 Å². The minimum Gasteiger partial charge on any atom is -0.486 e. The number of ether oxygens (including phenoxy) is 3.